The fourth-order valence-corrected chi connectivity index (χ4v) is 5.04. The summed E-state index contributed by atoms with van der Waals surface area (Å²) in [5, 5.41) is 0.902. The molecule has 2 aromatic carbocycles. The third-order valence-electron chi connectivity index (χ3n) is 6.45. The molecule has 0 aliphatic carbocycles. The number of halogens is 4. The highest BCUT2D eigenvalue weighted by molar-refractivity contribution is 6.33. The van der Waals surface area contributed by atoms with Gasteiger partial charge in [0.1, 0.15) is 11.6 Å². The van der Waals surface area contributed by atoms with E-state index in [1.54, 1.807) is 21.9 Å². The zero-order chi connectivity index (χ0) is 24.4. The van der Waals surface area contributed by atoms with E-state index in [4.69, 9.17) is 34.7 Å². The monoisotopic (exact) mass is 512 g/mol. The summed E-state index contributed by atoms with van der Waals surface area (Å²) in [6, 6.07) is 5.91. The number of piperazine rings is 2. The lowest BCUT2D eigenvalue weighted by Gasteiger charge is -2.42. The summed E-state index contributed by atoms with van der Waals surface area (Å²) in [5.41, 5.74) is 13.1. The predicted molar refractivity (Wildman–Crippen MR) is 132 cm³/mol. The van der Waals surface area contributed by atoms with Crippen molar-refractivity contribution < 1.29 is 13.6 Å². The molecule has 7 nitrogen and oxygen atoms in total. The maximum Gasteiger partial charge on any atom is 0.320 e. The van der Waals surface area contributed by atoms with Gasteiger partial charge in [-0.25, -0.2) is 13.6 Å². The lowest BCUT2D eigenvalue weighted by Crippen LogP contribution is -2.57. The average Bonchev–Trinajstić information content (AvgIpc) is 2.86. The predicted octanol–water partition coefficient (Wildman–Crippen LogP) is 3.25. The number of nitrogens with two attached hydrogens (primary N) is 2. The Bertz CT molecular complexity index is 975. The van der Waals surface area contributed by atoms with E-state index in [9.17, 15) is 13.6 Å². The third kappa shape index (κ3) is 5.02. The molecule has 2 fully saturated rings. The molecule has 0 aromatic heterocycles. The van der Waals surface area contributed by atoms with Crippen LogP contribution in [0.3, 0.4) is 0 Å². The largest absolute Gasteiger partial charge is 0.367 e. The highest BCUT2D eigenvalue weighted by Gasteiger charge is 2.29. The fraction of sp³-hybridized carbons (Fsp3) is 0.435. The molecule has 184 valence electrons. The van der Waals surface area contributed by atoms with Crippen LogP contribution in [0.25, 0.3) is 0 Å². The first-order valence-electron chi connectivity index (χ1n) is 11.2. The minimum Gasteiger partial charge on any atom is -0.367 e. The first kappa shape index (κ1) is 24.8. The maximum atomic E-state index is 14.2. The Balaban J connectivity index is 1.33. The minimum absolute atomic E-state index is 0.0363. The van der Waals surface area contributed by atoms with Crippen LogP contribution in [-0.2, 0) is 13.1 Å². The zero-order valence-corrected chi connectivity index (χ0v) is 20.3. The smallest absolute Gasteiger partial charge is 0.320 e. The van der Waals surface area contributed by atoms with E-state index in [0.717, 1.165) is 0 Å². The first-order valence-corrected chi connectivity index (χ1v) is 12.0. The number of nitrogens with zero attached hydrogens (tertiary/aromatic N) is 4. The molecule has 2 aliphatic heterocycles. The van der Waals surface area contributed by atoms with E-state index in [0.29, 0.717) is 84.9 Å². The zero-order valence-electron chi connectivity index (χ0n) is 18.7. The van der Waals surface area contributed by atoms with Gasteiger partial charge in [-0.05, 0) is 24.3 Å². The van der Waals surface area contributed by atoms with Gasteiger partial charge in [-0.3, -0.25) is 0 Å². The van der Waals surface area contributed by atoms with Crippen LogP contribution < -0.4 is 21.3 Å². The van der Waals surface area contributed by atoms with Crippen LogP contribution in [0.5, 0.6) is 0 Å². The van der Waals surface area contributed by atoms with Gasteiger partial charge in [-0.15, -0.1) is 0 Å². The van der Waals surface area contributed by atoms with Crippen molar-refractivity contribution in [3.63, 3.8) is 0 Å². The van der Waals surface area contributed by atoms with Crippen LogP contribution in [0.4, 0.5) is 25.0 Å². The second-order valence-corrected chi connectivity index (χ2v) is 9.24. The summed E-state index contributed by atoms with van der Waals surface area (Å²) in [5.74, 6) is -0.758. The Kier molecular flexibility index (Phi) is 7.67. The normalized spacial score (nSPS) is 16.9. The lowest BCUT2D eigenvalue weighted by atomic mass is 10.1. The Morgan fingerprint density at radius 2 is 1.06 bits per heavy atom. The van der Waals surface area contributed by atoms with Crippen molar-refractivity contribution >= 4 is 40.6 Å². The Morgan fingerprint density at radius 3 is 1.38 bits per heavy atom. The van der Waals surface area contributed by atoms with Gasteiger partial charge < -0.3 is 31.1 Å². The third-order valence-corrected chi connectivity index (χ3v) is 7.06. The van der Waals surface area contributed by atoms with Crippen molar-refractivity contribution in [1.82, 2.24) is 9.80 Å². The first-order chi connectivity index (χ1) is 16.3. The molecule has 2 aliphatic rings. The maximum absolute atomic E-state index is 14.2. The van der Waals surface area contributed by atoms with Crippen LogP contribution in [0.2, 0.25) is 10.0 Å². The quantitative estimate of drug-likeness (QED) is 0.656. The summed E-state index contributed by atoms with van der Waals surface area (Å²) in [4.78, 5) is 20.6. The van der Waals surface area contributed by atoms with E-state index in [2.05, 4.69) is 0 Å². The van der Waals surface area contributed by atoms with Crippen molar-refractivity contribution in [2.45, 2.75) is 13.1 Å². The number of carbonyl (C=O) groups excluding carboxylic acids is 1. The lowest BCUT2D eigenvalue weighted by molar-refractivity contribution is 0.147. The van der Waals surface area contributed by atoms with Gasteiger partial charge in [0.15, 0.2) is 0 Å². The van der Waals surface area contributed by atoms with Crippen LogP contribution in [-0.4, -0.2) is 68.2 Å². The SMILES string of the molecule is NCc1cc(Cl)c(N2CCN(C(=O)N3CCN(c4cc(F)c(CN)cc4Cl)CC3)CC2)cc1F. The summed E-state index contributed by atoms with van der Waals surface area (Å²) in [7, 11) is 0. The molecule has 2 aromatic rings. The second kappa shape index (κ2) is 10.5. The van der Waals surface area contributed by atoms with Crippen LogP contribution in [0.1, 0.15) is 11.1 Å². The van der Waals surface area contributed by atoms with Crippen molar-refractivity contribution in [2.24, 2.45) is 11.5 Å². The summed E-state index contributed by atoms with van der Waals surface area (Å²) in [6.07, 6.45) is 0. The number of hydrogen-bond acceptors (Lipinski definition) is 5. The van der Waals surface area contributed by atoms with Gasteiger partial charge >= 0.3 is 6.03 Å². The molecule has 11 heteroatoms. The number of amides is 2. The molecule has 0 unspecified atom stereocenters. The number of carbonyl (C=O) groups is 1. The average molecular weight is 513 g/mol. The molecular weight excluding hydrogens is 485 g/mol. The molecule has 4 N–H and O–H groups in total. The molecule has 0 radical (unpaired) electrons. The number of benzene rings is 2. The van der Waals surface area contributed by atoms with Crippen molar-refractivity contribution in [2.75, 3.05) is 62.2 Å². The Morgan fingerprint density at radius 1 is 0.706 bits per heavy atom. The standard InChI is InChI=1S/C23H28Cl2F2N6O/c24-17-9-15(13-28)19(26)11-21(17)30-1-5-32(6-2-30)23(34)33-7-3-31(4-8-33)22-12-20(27)16(14-29)10-18(22)25/h9-12H,1-8,13-14,28-29H2. The minimum atomic E-state index is -0.379. The van der Waals surface area contributed by atoms with E-state index >= 15 is 0 Å². The summed E-state index contributed by atoms with van der Waals surface area (Å²) < 4.78 is 28.4. The molecule has 0 atom stereocenters. The highest BCUT2D eigenvalue weighted by atomic mass is 35.5. The molecule has 2 saturated heterocycles. The van der Waals surface area contributed by atoms with Gasteiger partial charge in [0, 0.05) is 76.6 Å². The molecule has 0 spiro atoms. The molecule has 34 heavy (non-hydrogen) atoms. The molecule has 0 saturated carbocycles. The van der Waals surface area contributed by atoms with Crippen molar-refractivity contribution in [1.29, 1.82) is 0 Å². The molecule has 2 heterocycles. The van der Waals surface area contributed by atoms with E-state index in [-0.39, 0.29) is 30.8 Å². The Labute approximate surface area is 207 Å². The van der Waals surface area contributed by atoms with E-state index < -0.39 is 0 Å². The molecular formula is C23H28Cl2F2N6O. The number of hydrogen-bond donors (Lipinski definition) is 2. The van der Waals surface area contributed by atoms with Crippen LogP contribution in [0.15, 0.2) is 24.3 Å². The summed E-state index contributed by atoms with van der Waals surface area (Å²) in [6.45, 7) is 4.40. The van der Waals surface area contributed by atoms with E-state index in [1.165, 1.54) is 12.1 Å². The van der Waals surface area contributed by atoms with Gasteiger partial charge in [-0.2, -0.15) is 0 Å². The van der Waals surface area contributed by atoms with Gasteiger partial charge in [0.2, 0.25) is 0 Å². The molecule has 2 amide bonds. The van der Waals surface area contributed by atoms with Crippen LogP contribution in [0, 0.1) is 11.6 Å². The van der Waals surface area contributed by atoms with Crippen molar-refractivity contribution in [3.05, 3.63) is 57.1 Å². The van der Waals surface area contributed by atoms with Gasteiger partial charge in [-0.1, -0.05) is 23.2 Å². The van der Waals surface area contributed by atoms with Crippen molar-refractivity contribution in [3.8, 4) is 0 Å². The van der Waals surface area contributed by atoms with E-state index in [1.807, 2.05) is 9.80 Å². The Hall–Kier alpha value is -2.33. The fourth-order valence-electron chi connectivity index (χ4n) is 4.43. The number of urea groups is 1. The topological polar surface area (TPSA) is 82.1 Å². The summed E-state index contributed by atoms with van der Waals surface area (Å²) >= 11 is 12.7. The number of rotatable bonds is 4. The number of anilines is 2. The van der Waals surface area contributed by atoms with Crippen LogP contribution >= 0.6 is 23.2 Å². The highest BCUT2D eigenvalue weighted by Crippen LogP contribution is 2.31. The second-order valence-electron chi connectivity index (χ2n) is 8.43. The molecule has 0 bridgehead atoms. The van der Waals surface area contributed by atoms with Gasteiger partial charge in [0.25, 0.3) is 0 Å². The van der Waals surface area contributed by atoms with Gasteiger partial charge in [0.05, 0.1) is 21.4 Å². The molecule has 4 rings (SSSR count).